The molecule has 3 heteroatoms. The van der Waals surface area contributed by atoms with Crippen molar-refractivity contribution in [2.24, 2.45) is 0 Å². The molecule has 1 N–H and O–H groups in total. The second-order valence-corrected chi connectivity index (χ2v) is 2.61. The molecule has 1 aromatic rings. The van der Waals surface area contributed by atoms with Gasteiger partial charge in [-0.2, -0.15) is 0 Å². The molecule has 0 heterocycles. The van der Waals surface area contributed by atoms with E-state index in [1.807, 2.05) is 6.07 Å². The second-order valence-electron chi connectivity index (χ2n) is 1.99. The molecular weight excluding hydrogens is 148 g/mol. The average Bonchev–Trinajstić information content (AvgIpc) is 1.95. The summed E-state index contributed by atoms with van der Waals surface area (Å²) in [7, 11) is 4.09. The third-order valence-corrected chi connectivity index (χ3v) is 1.76. The lowest BCUT2D eigenvalue weighted by molar-refractivity contribution is 0.637. The zero-order valence-electron chi connectivity index (χ0n) is 5.69. The van der Waals surface area contributed by atoms with Crippen LogP contribution in [-0.4, -0.2) is 7.05 Å². The second kappa shape index (κ2) is 2.98. The maximum absolute atomic E-state index is 12.7. The molecule has 1 aromatic carbocycles. The highest BCUT2D eigenvalue weighted by atomic mass is 31.0. The van der Waals surface area contributed by atoms with Crippen molar-refractivity contribution in [3.8, 4) is 0 Å². The molecule has 0 aliphatic rings. The van der Waals surface area contributed by atoms with Crippen molar-refractivity contribution < 1.29 is 4.39 Å². The standard InChI is InChI=1S/C7H9FNP/c1-9-5-2-3-7(10)6(8)4-5/h2-4,9H,10H2,1H3. The zero-order valence-corrected chi connectivity index (χ0v) is 6.84. The van der Waals surface area contributed by atoms with E-state index in [-0.39, 0.29) is 5.82 Å². The first-order chi connectivity index (χ1) is 4.74. The van der Waals surface area contributed by atoms with E-state index in [0.29, 0.717) is 5.30 Å². The van der Waals surface area contributed by atoms with Crippen LogP contribution in [-0.2, 0) is 0 Å². The fraction of sp³-hybridized carbons (Fsp3) is 0.143. The fourth-order valence-corrected chi connectivity index (χ4v) is 0.862. The van der Waals surface area contributed by atoms with Crippen LogP contribution < -0.4 is 10.6 Å². The Balaban J connectivity index is 3.04. The first-order valence-corrected chi connectivity index (χ1v) is 3.54. The summed E-state index contributed by atoms with van der Waals surface area (Å²) in [5, 5.41) is 3.44. The van der Waals surface area contributed by atoms with E-state index >= 15 is 0 Å². The number of halogens is 1. The van der Waals surface area contributed by atoms with Crippen molar-refractivity contribution in [3.05, 3.63) is 24.0 Å². The third kappa shape index (κ3) is 1.45. The Morgan fingerprint density at radius 2 is 2.20 bits per heavy atom. The van der Waals surface area contributed by atoms with Gasteiger partial charge in [0.05, 0.1) is 0 Å². The van der Waals surface area contributed by atoms with Crippen molar-refractivity contribution >= 4 is 20.2 Å². The van der Waals surface area contributed by atoms with Gasteiger partial charge in [-0.3, -0.25) is 0 Å². The Kier molecular flexibility index (Phi) is 2.23. The van der Waals surface area contributed by atoms with Gasteiger partial charge in [0.1, 0.15) is 5.82 Å². The van der Waals surface area contributed by atoms with E-state index in [1.165, 1.54) is 6.07 Å². The van der Waals surface area contributed by atoms with Crippen LogP contribution in [0.5, 0.6) is 0 Å². The van der Waals surface area contributed by atoms with Crippen LogP contribution in [0.25, 0.3) is 0 Å². The summed E-state index contributed by atoms with van der Waals surface area (Å²) in [6.45, 7) is 0. The number of rotatable bonds is 1. The number of anilines is 1. The van der Waals surface area contributed by atoms with Gasteiger partial charge in [-0.25, -0.2) is 4.39 Å². The molecule has 0 bridgehead atoms. The van der Waals surface area contributed by atoms with Crippen LogP contribution in [0.3, 0.4) is 0 Å². The normalized spacial score (nSPS) is 9.50. The fourth-order valence-electron chi connectivity index (χ4n) is 0.683. The number of nitrogens with one attached hydrogen (secondary N) is 1. The van der Waals surface area contributed by atoms with Crippen molar-refractivity contribution in [2.45, 2.75) is 0 Å². The third-order valence-electron chi connectivity index (χ3n) is 1.29. The van der Waals surface area contributed by atoms with E-state index in [9.17, 15) is 4.39 Å². The summed E-state index contributed by atoms with van der Waals surface area (Å²) in [5.74, 6) is -0.197. The van der Waals surface area contributed by atoms with Gasteiger partial charge >= 0.3 is 0 Å². The molecule has 1 unspecified atom stereocenters. The lowest BCUT2D eigenvalue weighted by Gasteiger charge is -2.00. The molecule has 10 heavy (non-hydrogen) atoms. The van der Waals surface area contributed by atoms with E-state index in [2.05, 4.69) is 14.6 Å². The van der Waals surface area contributed by atoms with Crippen LogP contribution >= 0.6 is 9.24 Å². The maximum Gasteiger partial charge on any atom is 0.132 e. The van der Waals surface area contributed by atoms with Crippen molar-refractivity contribution in [1.82, 2.24) is 0 Å². The largest absolute Gasteiger partial charge is 0.388 e. The monoisotopic (exact) mass is 157 g/mol. The minimum Gasteiger partial charge on any atom is -0.388 e. The molecule has 0 spiro atoms. The Labute approximate surface area is 61.8 Å². The Bertz CT molecular complexity index is 237. The van der Waals surface area contributed by atoms with Crippen LogP contribution in [0.15, 0.2) is 18.2 Å². The van der Waals surface area contributed by atoms with Gasteiger partial charge in [0.25, 0.3) is 0 Å². The van der Waals surface area contributed by atoms with E-state index in [4.69, 9.17) is 0 Å². The molecule has 0 aliphatic heterocycles. The summed E-state index contributed by atoms with van der Waals surface area (Å²) >= 11 is 0. The predicted octanol–water partition coefficient (Wildman–Crippen LogP) is 1.37. The quantitative estimate of drug-likeness (QED) is 0.607. The Hall–Kier alpha value is -0.620. The van der Waals surface area contributed by atoms with Gasteiger partial charge < -0.3 is 5.32 Å². The van der Waals surface area contributed by atoms with Crippen LogP contribution in [0.4, 0.5) is 10.1 Å². The van der Waals surface area contributed by atoms with Gasteiger partial charge in [-0.15, -0.1) is 9.24 Å². The summed E-state index contributed by atoms with van der Waals surface area (Å²) in [4.78, 5) is 0. The van der Waals surface area contributed by atoms with Crippen LogP contribution in [0, 0.1) is 5.82 Å². The van der Waals surface area contributed by atoms with Crippen molar-refractivity contribution in [1.29, 1.82) is 0 Å². The lowest BCUT2D eigenvalue weighted by atomic mass is 10.3. The van der Waals surface area contributed by atoms with Gasteiger partial charge in [0.2, 0.25) is 0 Å². The summed E-state index contributed by atoms with van der Waals surface area (Å²) in [6, 6.07) is 5.00. The van der Waals surface area contributed by atoms with Gasteiger partial charge in [-0.1, -0.05) is 6.07 Å². The number of benzene rings is 1. The molecule has 0 amide bonds. The van der Waals surface area contributed by atoms with Gasteiger partial charge in [0, 0.05) is 18.0 Å². The molecule has 54 valence electrons. The Morgan fingerprint density at radius 3 is 2.70 bits per heavy atom. The smallest absolute Gasteiger partial charge is 0.132 e. The van der Waals surface area contributed by atoms with E-state index in [0.717, 1.165) is 5.69 Å². The Morgan fingerprint density at radius 1 is 1.50 bits per heavy atom. The summed E-state index contributed by atoms with van der Waals surface area (Å²) in [5.41, 5.74) is 0.795. The number of hydrogen-bond donors (Lipinski definition) is 1. The molecule has 1 atom stereocenters. The molecule has 0 fully saturated rings. The highest BCUT2D eigenvalue weighted by Crippen LogP contribution is 2.07. The first-order valence-electron chi connectivity index (χ1n) is 2.97. The predicted molar refractivity (Wildman–Crippen MR) is 45.3 cm³/mol. The van der Waals surface area contributed by atoms with E-state index < -0.39 is 0 Å². The molecule has 0 saturated carbocycles. The van der Waals surface area contributed by atoms with Gasteiger partial charge in [-0.05, 0) is 12.1 Å². The van der Waals surface area contributed by atoms with Gasteiger partial charge in [0.15, 0.2) is 0 Å². The van der Waals surface area contributed by atoms with Crippen LogP contribution in [0.2, 0.25) is 0 Å². The molecular formula is C7H9FNP. The minimum atomic E-state index is -0.197. The highest BCUT2D eigenvalue weighted by molar-refractivity contribution is 7.27. The molecule has 0 saturated heterocycles. The van der Waals surface area contributed by atoms with E-state index in [1.54, 1.807) is 13.1 Å². The lowest BCUT2D eigenvalue weighted by Crippen LogP contribution is -1.98. The first kappa shape index (κ1) is 7.49. The highest BCUT2D eigenvalue weighted by Gasteiger charge is 1.95. The SMILES string of the molecule is CNc1ccc(P)c(F)c1. The zero-order chi connectivity index (χ0) is 7.56. The molecule has 0 aliphatic carbocycles. The average molecular weight is 157 g/mol. The van der Waals surface area contributed by atoms with Crippen LogP contribution in [0.1, 0.15) is 0 Å². The maximum atomic E-state index is 12.7. The summed E-state index contributed by atoms with van der Waals surface area (Å²) in [6.07, 6.45) is 0. The molecule has 0 radical (unpaired) electrons. The van der Waals surface area contributed by atoms with Crippen molar-refractivity contribution in [3.63, 3.8) is 0 Å². The minimum absolute atomic E-state index is 0.197. The number of hydrogen-bond acceptors (Lipinski definition) is 1. The molecule has 1 nitrogen and oxygen atoms in total. The molecule has 0 aromatic heterocycles. The van der Waals surface area contributed by atoms with Crippen molar-refractivity contribution in [2.75, 3.05) is 12.4 Å². The molecule has 1 rings (SSSR count). The topological polar surface area (TPSA) is 12.0 Å². The summed E-state index contributed by atoms with van der Waals surface area (Å²) < 4.78 is 12.7.